The molecule has 1 aromatic carbocycles. The topological polar surface area (TPSA) is 26.0 Å². The summed E-state index contributed by atoms with van der Waals surface area (Å²) >= 11 is 5.59. The van der Waals surface area contributed by atoms with E-state index in [1.807, 2.05) is 11.8 Å². The number of benzene rings is 1. The Morgan fingerprint density at radius 1 is 1.35 bits per heavy atom. The molecule has 2 unspecified atom stereocenters. The first-order valence-corrected chi connectivity index (χ1v) is 8.01. The third kappa shape index (κ3) is 4.01. The number of halogens is 1. The van der Waals surface area contributed by atoms with E-state index in [9.17, 15) is 0 Å². The average molecular weight is 314 g/mol. The molecular weight excluding hydrogens is 294 g/mol. The van der Waals surface area contributed by atoms with Crippen LogP contribution in [0.2, 0.25) is 0 Å². The van der Waals surface area contributed by atoms with Gasteiger partial charge in [-0.15, -0.1) is 11.8 Å². The summed E-state index contributed by atoms with van der Waals surface area (Å²) < 4.78 is 1.15. The van der Waals surface area contributed by atoms with Crippen molar-refractivity contribution in [3.8, 4) is 0 Å². The molecule has 0 aromatic heterocycles. The lowest BCUT2D eigenvalue weighted by molar-refractivity contribution is 0.394. The van der Waals surface area contributed by atoms with E-state index >= 15 is 0 Å². The molecule has 0 saturated heterocycles. The molecule has 2 rings (SSSR count). The van der Waals surface area contributed by atoms with Gasteiger partial charge in [0, 0.05) is 21.2 Å². The predicted octanol–water partition coefficient (Wildman–Crippen LogP) is 4.58. The summed E-state index contributed by atoms with van der Waals surface area (Å²) in [4.78, 5) is 1.36. The van der Waals surface area contributed by atoms with Gasteiger partial charge in [-0.25, -0.2) is 0 Å². The second-order valence-electron chi connectivity index (χ2n) is 5.01. The Balaban J connectivity index is 2.04. The van der Waals surface area contributed by atoms with E-state index in [-0.39, 0.29) is 0 Å². The second-order valence-corrected chi connectivity index (χ2v) is 7.30. The SMILES string of the molecule is CC1CCCC(Sc2cc(Br)cc(CN)c2)C1. The minimum atomic E-state index is 0.619. The molecule has 17 heavy (non-hydrogen) atoms. The first-order chi connectivity index (χ1) is 8.17. The van der Waals surface area contributed by atoms with Gasteiger partial charge >= 0.3 is 0 Å². The molecule has 0 amide bonds. The van der Waals surface area contributed by atoms with Crippen molar-refractivity contribution < 1.29 is 0 Å². The molecular formula is C14H20BrNS. The number of hydrogen-bond donors (Lipinski definition) is 1. The van der Waals surface area contributed by atoms with E-state index in [4.69, 9.17) is 5.73 Å². The van der Waals surface area contributed by atoms with Crippen LogP contribution in [0.4, 0.5) is 0 Å². The van der Waals surface area contributed by atoms with Gasteiger partial charge in [-0.3, -0.25) is 0 Å². The van der Waals surface area contributed by atoms with Crippen LogP contribution in [0.3, 0.4) is 0 Å². The molecule has 94 valence electrons. The first kappa shape index (κ1) is 13.4. The van der Waals surface area contributed by atoms with Crippen LogP contribution in [-0.4, -0.2) is 5.25 Å². The monoisotopic (exact) mass is 313 g/mol. The van der Waals surface area contributed by atoms with E-state index in [1.165, 1.54) is 36.1 Å². The van der Waals surface area contributed by atoms with Crippen LogP contribution >= 0.6 is 27.7 Å². The van der Waals surface area contributed by atoms with E-state index in [0.717, 1.165) is 15.6 Å². The fourth-order valence-electron chi connectivity index (χ4n) is 2.48. The first-order valence-electron chi connectivity index (χ1n) is 6.33. The number of thioether (sulfide) groups is 1. The number of hydrogen-bond acceptors (Lipinski definition) is 2. The van der Waals surface area contributed by atoms with Crippen LogP contribution in [0.25, 0.3) is 0 Å². The highest BCUT2D eigenvalue weighted by Gasteiger charge is 2.19. The van der Waals surface area contributed by atoms with E-state index < -0.39 is 0 Å². The van der Waals surface area contributed by atoms with Gasteiger partial charge in [-0.05, 0) is 42.5 Å². The molecule has 0 spiro atoms. The van der Waals surface area contributed by atoms with Gasteiger partial charge in [0.15, 0.2) is 0 Å². The fourth-order valence-corrected chi connectivity index (χ4v) is 4.69. The van der Waals surface area contributed by atoms with Gasteiger partial charge in [0.25, 0.3) is 0 Å². The van der Waals surface area contributed by atoms with Crippen molar-refractivity contribution in [3.05, 3.63) is 28.2 Å². The van der Waals surface area contributed by atoms with Crippen LogP contribution in [0.15, 0.2) is 27.6 Å². The van der Waals surface area contributed by atoms with Crippen molar-refractivity contribution in [1.29, 1.82) is 0 Å². The molecule has 1 aliphatic carbocycles. The van der Waals surface area contributed by atoms with Crippen molar-refractivity contribution in [1.82, 2.24) is 0 Å². The van der Waals surface area contributed by atoms with E-state index in [0.29, 0.717) is 6.54 Å². The summed E-state index contributed by atoms with van der Waals surface area (Å²) in [5, 5.41) is 0.790. The van der Waals surface area contributed by atoms with E-state index in [1.54, 1.807) is 0 Å². The van der Waals surface area contributed by atoms with Crippen LogP contribution in [0.5, 0.6) is 0 Å². The third-order valence-corrected chi connectivity index (χ3v) is 5.09. The Morgan fingerprint density at radius 2 is 2.18 bits per heavy atom. The summed E-state index contributed by atoms with van der Waals surface area (Å²) in [5.74, 6) is 0.891. The zero-order valence-electron chi connectivity index (χ0n) is 10.3. The minimum Gasteiger partial charge on any atom is -0.326 e. The van der Waals surface area contributed by atoms with Gasteiger partial charge in [-0.2, -0.15) is 0 Å². The standard InChI is InChI=1S/C14H20BrNS/c1-10-3-2-4-13(5-10)17-14-7-11(9-16)6-12(15)8-14/h6-8,10,13H,2-5,9,16H2,1H3. The van der Waals surface area contributed by atoms with Gasteiger partial charge in [0.05, 0.1) is 0 Å². The maximum absolute atomic E-state index is 5.71. The van der Waals surface area contributed by atoms with Crippen LogP contribution in [-0.2, 0) is 6.54 Å². The van der Waals surface area contributed by atoms with Crippen molar-refractivity contribution in [2.24, 2.45) is 11.7 Å². The summed E-state index contributed by atoms with van der Waals surface area (Å²) in [6.45, 7) is 2.99. The Morgan fingerprint density at radius 3 is 2.88 bits per heavy atom. The summed E-state index contributed by atoms with van der Waals surface area (Å²) in [5.41, 5.74) is 6.93. The highest BCUT2D eigenvalue weighted by Crippen LogP contribution is 2.37. The average Bonchev–Trinajstić information content (AvgIpc) is 2.28. The highest BCUT2D eigenvalue weighted by molar-refractivity contribution is 9.10. The lowest BCUT2D eigenvalue weighted by atomic mass is 9.91. The third-order valence-electron chi connectivity index (χ3n) is 3.36. The van der Waals surface area contributed by atoms with Crippen molar-refractivity contribution >= 4 is 27.7 Å². The molecule has 2 atom stereocenters. The normalized spacial score (nSPS) is 24.9. The van der Waals surface area contributed by atoms with Crippen LogP contribution in [0.1, 0.15) is 38.2 Å². The second kappa shape index (κ2) is 6.26. The molecule has 3 heteroatoms. The molecule has 1 saturated carbocycles. The molecule has 0 aliphatic heterocycles. The molecule has 1 nitrogen and oxygen atoms in total. The molecule has 0 bridgehead atoms. The largest absolute Gasteiger partial charge is 0.326 e. The summed E-state index contributed by atoms with van der Waals surface area (Å²) in [7, 11) is 0. The minimum absolute atomic E-state index is 0.619. The Labute approximate surface area is 117 Å². The molecule has 1 fully saturated rings. The number of nitrogens with two attached hydrogens (primary N) is 1. The maximum Gasteiger partial charge on any atom is 0.0189 e. The molecule has 0 radical (unpaired) electrons. The van der Waals surface area contributed by atoms with Gasteiger partial charge in [-0.1, -0.05) is 35.7 Å². The molecule has 1 aromatic rings. The zero-order valence-corrected chi connectivity index (χ0v) is 12.7. The lowest BCUT2D eigenvalue weighted by Gasteiger charge is -2.26. The fraction of sp³-hybridized carbons (Fsp3) is 0.571. The van der Waals surface area contributed by atoms with Crippen molar-refractivity contribution in [3.63, 3.8) is 0 Å². The molecule has 2 N–H and O–H groups in total. The smallest absolute Gasteiger partial charge is 0.0189 e. The van der Waals surface area contributed by atoms with E-state index in [2.05, 4.69) is 41.1 Å². The number of rotatable bonds is 3. The highest BCUT2D eigenvalue weighted by atomic mass is 79.9. The van der Waals surface area contributed by atoms with Gasteiger partial charge < -0.3 is 5.73 Å². The van der Waals surface area contributed by atoms with Crippen LogP contribution < -0.4 is 5.73 Å². The molecule has 1 aliphatic rings. The predicted molar refractivity (Wildman–Crippen MR) is 79.3 cm³/mol. The van der Waals surface area contributed by atoms with Crippen LogP contribution in [0, 0.1) is 5.92 Å². The Bertz CT molecular complexity index is 380. The Hall–Kier alpha value is 0.01000. The summed E-state index contributed by atoms with van der Waals surface area (Å²) in [6, 6.07) is 6.55. The summed E-state index contributed by atoms with van der Waals surface area (Å²) in [6.07, 6.45) is 5.51. The maximum atomic E-state index is 5.71. The van der Waals surface area contributed by atoms with Crippen molar-refractivity contribution in [2.45, 2.75) is 49.3 Å². The van der Waals surface area contributed by atoms with Gasteiger partial charge in [0.2, 0.25) is 0 Å². The zero-order chi connectivity index (χ0) is 12.3. The quantitative estimate of drug-likeness (QED) is 0.884. The molecule has 0 heterocycles. The lowest BCUT2D eigenvalue weighted by Crippen LogP contribution is -2.14. The van der Waals surface area contributed by atoms with Crippen molar-refractivity contribution in [2.75, 3.05) is 0 Å². The van der Waals surface area contributed by atoms with Gasteiger partial charge in [0.1, 0.15) is 0 Å². The Kier molecular flexibility index (Phi) is 4.95.